The second-order valence-electron chi connectivity index (χ2n) is 5.42. The van der Waals surface area contributed by atoms with Gasteiger partial charge in [0.2, 0.25) is 0 Å². The maximum Gasteiger partial charge on any atom is 0.128 e. The third kappa shape index (κ3) is 3.76. The molecule has 5 nitrogen and oxygen atoms in total. The summed E-state index contributed by atoms with van der Waals surface area (Å²) in [7, 11) is 1.91. The summed E-state index contributed by atoms with van der Waals surface area (Å²) in [5.41, 5.74) is 1.03. The predicted octanol–water partition coefficient (Wildman–Crippen LogP) is 2.68. The Labute approximate surface area is 125 Å². The van der Waals surface area contributed by atoms with Crippen molar-refractivity contribution < 1.29 is 4.74 Å². The molecule has 2 heterocycles. The number of hydrogen-bond donors (Lipinski definition) is 2. The molecule has 1 aliphatic rings. The van der Waals surface area contributed by atoms with Gasteiger partial charge in [0, 0.05) is 24.8 Å². The lowest BCUT2D eigenvalue weighted by Crippen LogP contribution is -2.23. The Balaban J connectivity index is 1.48. The highest BCUT2D eigenvalue weighted by molar-refractivity contribution is 5.57. The summed E-state index contributed by atoms with van der Waals surface area (Å²) in [6, 6.07) is 10.6. The highest BCUT2D eigenvalue weighted by Crippen LogP contribution is 2.20. The molecule has 3 rings (SSSR count). The number of ether oxygens (including phenoxy) is 1. The molecule has 5 heteroatoms. The minimum absolute atomic E-state index is 0.635. The monoisotopic (exact) mass is 286 g/mol. The molecular formula is C16H22N4O. The normalized spacial score (nSPS) is 17.9. The van der Waals surface area contributed by atoms with Crippen molar-refractivity contribution in [3.63, 3.8) is 0 Å². The number of anilines is 2. The maximum atomic E-state index is 5.80. The Morgan fingerprint density at radius 3 is 2.86 bits per heavy atom. The van der Waals surface area contributed by atoms with Crippen LogP contribution in [0.25, 0.3) is 0 Å². The van der Waals surface area contributed by atoms with Gasteiger partial charge in [-0.2, -0.15) is 5.10 Å². The molecule has 1 aromatic heterocycles. The van der Waals surface area contributed by atoms with Crippen LogP contribution in [0.5, 0.6) is 5.75 Å². The number of nitrogens with zero attached hydrogens (tertiary/aromatic N) is 2. The van der Waals surface area contributed by atoms with Gasteiger partial charge in [-0.3, -0.25) is 4.68 Å². The molecule has 1 aromatic carbocycles. The van der Waals surface area contributed by atoms with Crippen LogP contribution in [0.1, 0.15) is 19.3 Å². The second-order valence-corrected chi connectivity index (χ2v) is 5.42. The Bertz CT molecular complexity index is 558. The lowest BCUT2D eigenvalue weighted by atomic mass is 10.2. The van der Waals surface area contributed by atoms with Crippen molar-refractivity contribution in [3.05, 3.63) is 36.5 Å². The van der Waals surface area contributed by atoms with E-state index in [0.717, 1.165) is 36.8 Å². The first-order chi connectivity index (χ1) is 10.3. The van der Waals surface area contributed by atoms with E-state index in [4.69, 9.17) is 4.74 Å². The average molecular weight is 286 g/mol. The highest BCUT2D eigenvalue weighted by atomic mass is 16.5. The first-order valence-electron chi connectivity index (χ1n) is 7.52. The molecular weight excluding hydrogens is 264 g/mol. The SMILES string of the molecule is Cn1nccc1Nc1ccc(OCCC2CCCN2)cc1. The van der Waals surface area contributed by atoms with Crippen LogP contribution in [0.4, 0.5) is 11.5 Å². The van der Waals surface area contributed by atoms with Crippen LogP contribution in [0.2, 0.25) is 0 Å². The topological polar surface area (TPSA) is 51.1 Å². The van der Waals surface area contributed by atoms with E-state index in [0.29, 0.717) is 6.04 Å². The van der Waals surface area contributed by atoms with Crippen LogP contribution in [0, 0.1) is 0 Å². The lowest BCUT2D eigenvalue weighted by molar-refractivity contribution is 0.292. The van der Waals surface area contributed by atoms with Crippen LogP contribution in [0.3, 0.4) is 0 Å². The molecule has 2 N–H and O–H groups in total. The average Bonchev–Trinajstić information content (AvgIpc) is 3.14. The number of aromatic nitrogens is 2. The summed E-state index contributed by atoms with van der Waals surface area (Å²) in [4.78, 5) is 0. The number of rotatable bonds is 6. The fraction of sp³-hybridized carbons (Fsp3) is 0.438. The van der Waals surface area contributed by atoms with Gasteiger partial charge in [-0.15, -0.1) is 0 Å². The summed E-state index contributed by atoms with van der Waals surface area (Å²) < 4.78 is 7.60. The van der Waals surface area contributed by atoms with Crippen molar-refractivity contribution in [2.24, 2.45) is 7.05 Å². The number of hydrogen-bond acceptors (Lipinski definition) is 4. The standard InChI is InChI=1S/C16H22N4O/c1-20-16(8-11-18-20)19-14-4-6-15(7-5-14)21-12-9-13-3-2-10-17-13/h4-8,11,13,17,19H,2-3,9-10,12H2,1H3. The van der Waals surface area contributed by atoms with Crippen LogP contribution < -0.4 is 15.4 Å². The van der Waals surface area contributed by atoms with E-state index in [1.165, 1.54) is 12.8 Å². The van der Waals surface area contributed by atoms with Gasteiger partial charge in [-0.1, -0.05) is 0 Å². The van der Waals surface area contributed by atoms with Gasteiger partial charge in [0.1, 0.15) is 11.6 Å². The summed E-state index contributed by atoms with van der Waals surface area (Å²) in [5.74, 6) is 1.89. The van der Waals surface area contributed by atoms with E-state index in [2.05, 4.69) is 15.7 Å². The minimum Gasteiger partial charge on any atom is -0.494 e. The van der Waals surface area contributed by atoms with Crippen LogP contribution in [0.15, 0.2) is 36.5 Å². The fourth-order valence-electron chi connectivity index (χ4n) is 2.60. The number of nitrogens with one attached hydrogen (secondary N) is 2. The quantitative estimate of drug-likeness (QED) is 0.857. The van der Waals surface area contributed by atoms with Gasteiger partial charge in [-0.25, -0.2) is 0 Å². The molecule has 0 aliphatic carbocycles. The zero-order valence-corrected chi connectivity index (χ0v) is 12.4. The Kier molecular flexibility index (Phi) is 4.40. The molecule has 0 spiro atoms. The molecule has 112 valence electrons. The molecule has 0 bridgehead atoms. The van der Waals surface area contributed by atoms with Gasteiger partial charge < -0.3 is 15.4 Å². The third-order valence-electron chi connectivity index (χ3n) is 3.85. The van der Waals surface area contributed by atoms with Crippen LogP contribution >= 0.6 is 0 Å². The van der Waals surface area contributed by atoms with Gasteiger partial charge in [0.25, 0.3) is 0 Å². The fourth-order valence-corrected chi connectivity index (χ4v) is 2.60. The summed E-state index contributed by atoms with van der Waals surface area (Å²) in [6.07, 6.45) is 5.42. The second kappa shape index (κ2) is 6.63. The third-order valence-corrected chi connectivity index (χ3v) is 3.85. The van der Waals surface area contributed by atoms with Crippen molar-refractivity contribution in [2.75, 3.05) is 18.5 Å². The van der Waals surface area contributed by atoms with Gasteiger partial charge in [-0.05, 0) is 50.1 Å². The Hall–Kier alpha value is -2.01. The van der Waals surface area contributed by atoms with E-state index >= 15 is 0 Å². The van der Waals surface area contributed by atoms with Crippen molar-refractivity contribution in [2.45, 2.75) is 25.3 Å². The Morgan fingerprint density at radius 2 is 2.19 bits per heavy atom. The molecule has 0 saturated carbocycles. The van der Waals surface area contributed by atoms with Gasteiger partial charge in [0.15, 0.2) is 0 Å². The maximum absolute atomic E-state index is 5.80. The molecule has 1 aliphatic heterocycles. The van der Waals surface area contributed by atoms with Crippen molar-refractivity contribution in [3.8, 4) is 5.75 Å². The predicted molar refractivity (Wildman–Crippen MR) is 84.1 cm³/mol. The van der Waals surface area contributed by atoms with E-state index in [1.54, 1.807) is 10.9 Å². The molecule has 0 amide bonds. The molecule has 2 aromatic rings. The minimum atomic E-state index is 0.635. The molecule has 1 atom stereocenters. The number of benzene rings is 1. The smallest absolute Gasteiger partial charge is 0.128 e. The van der Waals surface area contributed by atoms with Crippen molar-refractivity contribution >= 4 is 11.5 Å². The summed E-state index contributed by atoms with van der Waals surface area (Å²) in [6.45, 7) is 1.92. The van der Waals surface area contributed by atoms with Crippen molar-refractivity contribution in [1.29, 1.82) is 0 Å². The van der Waals surface area contributed by atoms with E-state index in [1.807, 2.05) is 37.4 Å². The molecule has 1 unspecified atom stereocenters. The van der Waals surface area contributed by atoms with E-state index in [9.17, 15) is 0 Å². The summed E-state index contributed by atoms with van der Waals surface area (Å²) in [5, 5.41) is 10.9. The number of aryl methyl sites for hydroxylation is 1. The molecule has 1 saturated heterocycles. The molecule has 1 fully saturated rings. The van der Waals surface area contributed by atoms with E-state index < -0.39 is 0 Å². The summed E-state index contributed by atoms with van der Waals surface area (Å²) >= 11 is 0. The van der Waals surface area contributed by atoms with Crippen LogP contribution in [-0.2, 0) is 7.05 Å². The van der Waals surface area contributed by atoms with Crippen LogP contribution in [-0.4, -0.2) is 29.0 Å². The van der Waals surface area contributed by atoms with Crippen molar-refractivity contribution in [1.82, 2.24) is 15.1 Å². The molecule has 0 radical (unpaired) electrons. The first kappa shape index (κ1) is 13.9. The zero-order valence-electron chi connectivity index (χ0n) is 12.4. The highest BCUT2D eigenvalue weighted by Gasteiger charge is 2.13. The van der Waals surface area contributed by atoms with E-state index in [-0.39, 0.29) is 0 Å². The van der Waals surface area contributed by atoms with Gasteiger partial charge >= 0.3 is 0 Å². The lowest BCUT2D eigenvalue weighted by Gasteiger charge is -2.12. The zero-order chi connectivity index (χ0) is 14.5. The Morgan fingerprint density at radius 1 is 1.33 bits per heavy atom. The molecule has 21 heavy (non-hydrogen) atoms. The van der Waals surface area contributed by atoms with Gasteiger partial charge in [0.05, 0.1) is 12.8 Å². The first-order valence-corrected chi connectivity index (χ1v) is 7.52. The largest absolute Gasteiger partial charge is 0.494 e.